The molecule has 1 rings (SSSR count). The van der Waals surface area contributed by atoms with E-state index in [-0.39, 0.29) is 17.7 Å². The lowest BCUT2D eigenvalue weighted by Crippen LogP contribution is -2.31. The molecule has 21 heavy (non-hydrogen) atoms. The Morgan fingerprint density at radius 3 is 1.90 bits per heavy atom. The number of ketones is 1. The number of hydrogen-bond donors (Lipinski definition) is 0. The van der Waals surface area contributed by atoms with Gasteiger partial charge in [0.05, 0.1) is 7.11 Å². The molecule has 2 atom stereocenters. The minimum atomic E-state index is -0.542. The fraction of sp³-hybridized carbons (Fsp3) is 0.889. The van der Waals surface area contributed by atoms with Crippen LogP contribution in [0.25, 0.3) is 0 Å². The second kappa shape index (κ2) is 10.8. The van der Waals surface area contributed by atoms with Gasteiger partial charge in [-0.2, -0.15) is 0 Å². The van der Waals surface area contributed by atoms with Crippen molar-refractivity contribution in [3.8, 4) is 0 Å². The van der Waals surface area contributed by atoms with Gasteiger partial charge < -0.3 is 4.74 Å². The lowest BCUT2D eigenvalue weighted by atomic mass is 9.84. The van der Waals surface area contributed by atoms with Gasteiger partial charge in [0, 0.05) is 6.42 Å². The lowest BCUT2D eigenvalue weighted by Gasteiger charge is -2.20. The van der Waals surface area contributed by atoms with Gasteiger partial charge in [0.15, 0.2) is 0 Å². The van der Waals surface area contributed by atoms with E-state index in [1.165, 1.54) is 52.1 Å². The Balaban J connectivity index is 2.60. The van der Waals surface area contributed by atoms with Crippen LogP contribution in [0.3, 0.4) is 0 Å². The molecule has 0 bridgehead atoms. The van der Waals surface area contributed by atoms with Crippen LogP contribution in [0.4, 0.5) is 0 Å². The smallest absolute Gasteiger partial charge is 0.316 e. The molecule has 0 spiro atoms. The summed E-state index contributed by atoms with van der Waals surface area (Å²) in [5.74, 6) is -0.684. The van der Waals surface area contributed by atoms with Crippen molar-refractivity contribution in [1.82, 2.24) is 0 Å². The normalized spacial score (nSPS) is 27.4. The highest BCUT2D eigenvalue weighted by molar-refractivity contribution is 5.99. The molecule has 0 N–H and O–H groups in total. The van der Waals surface area contributed by atoms with Crippen molar-refractivity contribution < 1.29 is 14.3 Å². The van der Waals surface area contributed by atoms with E-state index in [4.69, 9.17) is 4.74 Å². The molecule has 0 radical (unpaired) electrons. The molecule has 1 fully saturated rings. The van der Waals surface area contributed by atoms with Crippen LogP contribution >= 0.6 is 0 Å². The van der Waals surface area contributed by atoms with Crippen molar-refractivity contribution in [2.45, 2.75) is 84.0 Å². The van der Waals surface area contributed by atoms with Crippen molar-refractivity contribution in [1.29, 1.82) is 0 Å². The van der Waals surface area contributed by atoms with E-state index in [2.05, 4.69) is 0 Å². The zero-order chi connectivity index (χ0) is 15.5. The third-order valence-corrected chi connectivity index (χ3v) is 4.70. The van der Waals surface area contributed by atoms with E-state index < -0.39 is 5.92 Å². The van der Waals surface area contributed by atoms with Gasteiger partial charge in [-0.15, -0.1) is 0 Å². The predicted molar refractivity (Wildman–Crippen MR) is 85.1 cm³/mol. The molecule has 0 amide bonds. The maximum Gasteiger partial charge on any atom is 0.316 e. The zero-order valence-electron chi connectivity index (χ0n) is 13.9. The highest BCUT2D eigenvalue weighted by atomic mass is 16.5. The maximum atomic E-state index is 12.4. The van der Waals surface area contributed by atoms with Gasteiger partial charge in [-0.25, -0.2) is 0 Å². The minimum Gasteiger partial charge on any atom is -0.468 e. The summed E-state index contributed by atoms with van der Waals surface area (Å²) in [6.07, 6.45) is 13.6. The Kier molecular flexibility index (Phi) is 9.36. The van der Waals surface area contributed by atoms with Crippen LogP contribution in [-0.4, -0.2) is 18.9 Å². The van der Waals surface area contributed by atoms with Crippen molar-refractivity contribution in [2.24, 2.45) is 11.8 Å². The van der Waals surface area contributed by atoms with Crippen LogP contribution in [0, 0.1) is 11.8 Å². The lowest BCUT2D eigenvalue weighted by molar-refractivity contribution is -0.151. The fourth-order valence-electron chi connectivity index (χ4n) is 3.31. The van der Waals surface area contributed by atoms with E-state index in [0.29, 0.717) is 6.42 Å². The summed E-state index contributed by atoms with van der Waals surface area (Å²) in [5, 5.41) is 0. The van der Waals surface area contributed by atoms with Gasteiger partial charge in [-0.3, -0.25) is 9.59 Å². The van der Waals surface area contributed by atoms with E-state index in [0.717, 1.165) is 25.7 Å². The first-order valence-corrected chi connectivity index (χ1v) is 8.77. The molecule has 1 aliphatic carbocycles. The quantitative estimate of drug-likeness (QED) is 0.521. The number of carbonyl (C=O) groups is 2. The highest BCUT2D eigenvalue weighted by Gasteiger charge is 2.31. The molecule has 1 saturated carbocycles. The van der Waals surface area contributed by atoms with Gasteiger partial charge in [-0.1, -0.05) is 64.7 Å². The molecule has 2 unspecified atom stereocenters. The number of rotatable bonds is 1. The summed E-state index contributed by atoms with van der Waals surface area (Å²) >= 11 is 0. The fourth-order valence-corrected chi connectivity index (χ4v) is 3.31. The molecule has 3 nitrogen and oxygen atoms in total. The summed E-state index contributed by atoms with van der Waals surface area (Å²) in [6, 6.07) is 0. The van der Waals surface area contributed by atoms with Crippen molar-refractivity contribution in [3.05, 3.63) is 0 Å². The Bertz CT molecular complexity index is 312. The first kappa shape index (κ1) is 18.2. The van der Waals surface area contributed by atoms with Crippen LogP contribution in [0.1, 0.15) is 84.0 Å². The van der Waals surface area contributed by atoms with E-state index in [9.17, 15) is 9.59 Å². The Hall–Kier alpha value is -0.860. The summed E-state index contributed by atoms with van der Waals surface area (Å²) < 4.78 is 4.86. The predicted octanol–water partition coefficient (Wildman–Crippen LogP) is 4.68. The SMILES string of the molecule is COC(=O)C1C(=O)CCCCCCCCCCCCC1C. The summed E-state index contributed by atoms with van der Waals surface area (Å²) in [6.45, 7) is 2.03. The molecule has 3 heteroatoms. The first-order chi connectivity index (χ1) is 10.2. The molecular weight excluding hydrogens is 264 g/mol. The van der Waals surface area contributed by atoms with Crippen LogP contribution in [-0.2, 0) is 14.3 Å². The number of ether oxygens (including phenoxy) is 1. The number of esters is 1. The molecule has 0 aromatic heterocycles. The number of carbonyl (C=O) groups excluding carboxylic acids is 2. The van der Waals surface area contributed by atoms with Crippen molar-refractivity contribution in [2.75, 3.05) is 7.11 Å². The summed E-state index contributed by atoms with van der Waals surface area (Å²) in [4.78, 5) is 24.3. The summed E-state index contributed by atoms with van der Waals surface area (Å²) in [7, 11) is 1.39. The standard InChI is InChI=1S/C18H32O3/c1-15-13-11-9-7-5-3-4-6-8-10-12-14-16(19)17(15)18(20)21-2/h15,17H,3-14H2,1-2H3. The molecule has 0 heterocycles. The van der Waals surface area contributed by atoms with Crippen LogP contribution < -0.4 is 0 Å². The number of methoxy groups -OCH3 is 1. The average molecular weight is 296 g/mol. The third-order valence-electron chi connectivity index (χ3n) is 4.70. The average Bonchev–Trinajstić information content (AvgIpc) is 2.48. The number of Topliss-reactive ketones (excluding diaryl/α,β-unsaturated/α-hetero) is 1. The van der Waals surface area contributed by atoms with Gasteiger partial charge in [0.25, 0.3) is 0 Å². The molecule has 122 valence electrons. The first-order valence-electron chi connectivity index (χ1n) is 8.77. The molecule has 0 saturated heterocycles. The summed E-state index contributed by atoms with van der Waals surface area (Å²) in [5.41, 5.74) is 0. The van der Waals surface area contributed by atoms with Gasteiger partial charge in [0.2, 0.25) is 0 Å². The monoisotopic (exact) mass is 296 g/mol. The molecule has 0 aromatic carbocycles. The zero-order valence-corrected chi connectivity index (χ0v) is 13.9. The molecule has 0 aliphatic heterocycles. The van der Waals surface area contributed by atoms with Gasteiger partial charge in [0.1, 0.15) is 11.7 Å². The largest absolute Gasteiger partial charge is 0.468 e. The van der Waals surface area contributed by atoms with E-state index in [1.807, 2.05) is 6.92 Å². The molecule has 1 aliphatic rings. The van der Waals surface area contributed by atoms with Crippen LogP contribution in [0.5, 0.6) is 0 Å². The number of hydrogen-bond acceptors (Lipinski definition) is 3. The Morgan fingerprint density at radius 1 is 0.905 bits per heavy atom. The Morgan fingerprint density at radius 2 is 1.38 bits per heavy atom. The topological polar surface area (TPSA) is 43.4 Å². The minimum absolute atomic E-state index is 0.0872. The van der Waals surface area contributed by atoms with Gasteiger partial charge in [-0.05, 0) is 18.8 Å². The van der Waals surface area contributed by atoms with Crippen molar-refractivity contribution in [3.63, 3.8) is 0 Å². The van der Waals surface area contributed by atoms with E-state index >= 15 is 0 Å². The van der Waals surface area contributed by atoms with Gasteiger partial charge >= 0.3 is 5.97 Å². The van der Waals surface area contributed by atoms with Crippen molar-refractivity contribution >= 4 is 11.8 Å². The highest BCUT2D eigenvalue weighted by Crippen LogP contribution is 2.24. The second-order valence-corrected chi connectivity index (χ2v) is 6.52. The van der Waals surface area contributed by atoms with E-state index in [1.54, 1.807) is 0 Å². The molecular formula is C18H32O3. The third kappa shape index (κ3) is 7.10. The maximum absolute atomic E-state index is 12.4. The Labute approximate surface area is 129 Å². The molecule has 0 aromatic rings. The second-order valence-electron chi connectivity index (χ2n) is 6.52. The van der Waals surface area contributed by atoms with Crippen LogP contribution in [0.2, 0.25) is 0 Å². The van der Waals surface area contributed by atoms with Crippen LogP contribution in [0.15, 0.2) is 0 Å².